The summed E-state index contributed by atoms with van der Waals surface area (Å²) in [4.78, 5) is 0. The molecule has 2 heteroatoms. The lowest BCUT2D eigenvalue weighted by Crippen LogP contribution is -1.93. The zero-order chi connectivity index (χ0) is 10.4. The van der Waals surface area contributed by atoms with Crippen molar-refractivity contribution in [1.82, 2.24) is 0 Å². The van der Waals surface area contributed by atoms with E-state index in [1.165, 1.54) is 5.56 Å². The third-order valence-corrected chi connectivity index (χ3v) is 2.35. The summed E-state index contributed by atoms with van der Waals surface area (Å²) >= 11 is 0. The molecule has 14 heavy (non-hydrogen) atoms. The summed E-state index contributed by atoms with van der Waals surface area (Å²) in [6.07, 6.45) is 1.52. The van der Waals surface area contributed by atoms with E-state index in [9.17, 15) is 0 Å². The van der Waals surface area contributed by atoms with Gasteiger partial charge in [0.05, 0.1) is 13.2 Å². The van der Waals surface area contributed by atoms with Crippen molar-refractivity contribution in [2.45, 2.75) is 25.7 Å². The molecule has 0 fully saturated rings. The van der Waals surface area contributed by atoms with Crippen LogP contribution in [0.25, 0.3) is 0 Å². The Balaban J connectivity index is 2.70. The Bertz CT molecular complexity index is 327. The van der Waals surface area contributed by atoms with E-state index >= 15 is 0 Å². The largest absolute Gasteiger partial charge is 0.497 e. The van der Waals surface area contributed by atoms with Crippen molar-refractivity contribution >= 4 is 0 Å². The van der Waals surface area contributed by atoms with Gasteiger partial charge in [0.1, 0.15) is 5.75 Å². The first-order valence-corrected chi connectivity index (χ1v) is 4.79. The molecule has 0 saturated carbocycles. The van der Waals surface area contributed by atoms with Crippen LogP contribution in [0.5, 0.6) is 5.75 Å². The highest BCUT2D eigenvalue weighted by atomic mass is 16.5. The quantitative estimate of drug-likeness (QED) is 0.729. The monoisotopic (exact) mass is 189 g/mol. The van der Waals surface area contributed by atoms with Crippen LogP contribution >= 0.6 is 0 Å². The SMILES string of the molecule is COc1cccc(C(C)CCC#N)c1. The summed E-state index contributed by atoms with van der Waals surface area (Å²) in [5.74, 6) is 1.30. The number of hydrogen-bond acceptors (Lipinski definition) is 2. The fraction of sp³-hybridized carbons (Fsp3) is 0.417. The van der Waals surface area contributed by atoms with Gasteiger partial charge in [0.25, 0.3) is 0 Å². The van der Waals surface area contributed by atoms with Gasteiger partial charge in [-0.05, 0) is 30.0 Å². The maximum Gasteiger partial charge on any atom is 0.119 e. The zero-order valence-corrected chi connectivity index (χ0v) is 8.66. The van der Waals surface area contributed by atoms with Gasteiger partial charge in [-0.3, -0.25) is 0 Å². The van der Waals surface area contributed by atoms with Crippen LogP contribution in [0.15, 0.2) is 24.3 Å². The second-order valence-electron chi connectivity index (χ2n) is 3.37. The molecule has 0 radical (unpaired) electrons. The molecule has 1 aromatic carbocycles. The highest BCUT2D eigenvalue weighted by Crippen LogP contribution is 2.23. The second kappa shape index (κ2) is 5.29. The topological polar surface area (TPSA) is 33.0 Å². The third kappa shape index (κ3) is 2.77. The van der Waals surface area contributed by atoms with Crippen molar-refractivity contribution < 1.29 is 4.74 Å². The summed E-state index contributed by atoms with van der Waals surface area (Å²) in [6, 6.07) is 10.2. The Morgan fingerprint density at radius 2 is 2.29 bits per heavy atom. The number of rotatable bonds is 4. The van der Waals surface area contributed by atoms with Crippen molar-refractivity contribution in [3.8, 4) is 11.8 Å². The molecule has 0 saturated heterocycles. The summed E-state index contributed by atoms with van der Waals surface area (Å²) in [7, 11) is 1.67. The number of nitrogens with zero attached hydrogens (tertiary/aromatic N) is 1. The van der Waals surface area contributed by atoms with Crippen molar-refractivity contribution in [2.75, 3.05) is 7.11 Å². The molecule has 0 aliphatic heterocycles. The Labute approximate surface area is 85.1 Å². The predicted molar refractivity (Wildman–Crippen MR) is 56.3 cm³/mol. The van der Waals surface area contributed by atoms with E-state index in [0.717, 1.165) is 12.2 Å². The summed E-state index contributed by atoms with van der Waals surface area (Å²) in [5, 5.41) is 8.49. The van der Waals surface area contributed by atoms with Gasteiger partial charge in [0.2, 0.25) is 0 Å². The number of ether oxygens (including phenoxy) is 1. The van der Waals surface area contributed by atoms with Crippen LogP contribution in [-0.2, 0) is 0 Å². The molecule has 0 heterocycles. The normalized spacial score (nSPS) is 11.8. The molecule has 1 aromatic rings. The Hall–Kier alpha value is -1.49. The molecule has 0 bridgehead atoms. The minimum Gasteiger partial charge on any atom is -0.497 e. The first-order chi connectivity index (χ1) is 6.77. The van der Waals surface area contributed by atoms with Crippen molar-refractivity contribution in [1.29, 1.82) is 5.26 Å². The van der Waals surface area contributed by atoms with Gasteiger partial charge >= 0.3 is 0 Å². The van der Waals surface area contributed by atoms with Gasteiger partial charge in [-0.2, -0.15) is 5.26 Å². The maximum atomic E-state index is 8.49. The van der Waals surface area contributed by atoms with Crippen LogP contribution in [-0.4, -0.2) is 7.11 Å². The van der Waals surface area contributed by atoms with Gasteiger partial charge < -0.3 is 4.74 Å². The fourth-order valence-corrected chi connectivity index (χ4v) is 1.40. The fourth-order valence-electron chi connectivity index (χ4n) is 1.40. The van der Waals surface area contributed by atoms with Crippen molar-refractivity contribution in [3.05, 3.63) is 29.8 Å². The van der Waals surface area contributed by atoms with Crippen LogP contribution in [0, 0.1) is 11.3 Å². The highest BCUT2D eigenvalue weighted by molar-refractivity contribution is 5.30. The lowest BCUT2D eigenvalue weighted by Gasteiger charge is -2.10. The van der Waals surface area contributed by atoms with Gasteiger partial charge in [-0.25, -0.2) is 0 Å². The third-order valence-electron chi connectivity index (χ3n) is 2.35. The lowest BCUT2D eigenvalue weighted by molar-refractivity contribution is 0.414. The molecular formula is C12H15NO. The van der Waals surface area contributed by atoms with E-state index in [1.54, 1.807) is 7.11 Å². The first kappa shape index (κ1) is 10.6. The van der Waals surface area contributed by atoms with E-state index in [0.29, 0.717) is 12.3 Å². The molecule has 0 spiro atoms. The number of nitriles is 1. The van der Waals surface area contributed by atoms with E-state index < -0.39 is 0 Å². The Kier molecular flexibility index (Phi) is 4.00. The van der Waals surface area contributed by atoms with E-state index in [2.05, 4.69) is 19.1 Å². The van der Waals surface area contributed by atoms with Crippen LogP contribution in [0.2, 0.25) is 0 Å². The van der Waals surface area contributed by atoms with Crippen LogP contribution < -0.4 is 4.74 Å². The minimum absolute atomic E-state index is 0.421. The predicted octanol–water partition coefficient (Wildman–Crippen LogP) is 3.10. The van der Waals surface area contributed by atoms with Crippen LogP contribution in [0.3, 0.4) is 0 Å². The average Bonchev–Trinajstić information content (AvgIpc) is 2.26. The molecule has 2 nitrogen and oxygen atoms in total. The Morgan fingerprint density at radius 1 is 1.50 bits per heavy atom. The molecule has 1 atom stereocenters. The van der Waals surface area contributed by atoms with Gasteiger partial charge in [0.15, 0.2) is 0 Å². The van der Waals surface area contributed by atoms with E-state index in [4.69, 9.17) is 10.00 Å². The van der Waals surface area contributed by atoms with Gasteiger partial charge in [0, 0.05) is 6.42 Å². The molecule has 0 aliphatic rings. The number of methoxy groups -OCH3 is 1. The molecule has 0 amide bonds. The smallest absolute Gasteiger partial charge is 0.119 e. The van der Waals surface area contributed by atoms with E-state index in [1.807, 2.05) is 18.2 Å². The molecular weight excluding hydrogens is 174 g/mol. The minimum atomic E-state index is 0.421. The van der Waals surface area contributed by atoms with Crippen LogP contribution in [0.4, 0.5) is 0 Å². The Morgan fingerprint density at radius 3 is 2.93 bits per heavy atom. The summed E-state index contributed by atoms with van der Waals surface area (Å²) in [5.41, 5.74) is 1.24. The van der Waals surface area contributed by atoms with Gasteiger partial charge in [-0.1, -0.05) is 19.1 Å². The summed E-state index contributed by atoms with van der Waals surface area (Å²) < 4.78 is 5.14. The standard InChI is InChI=1S/C12H15NO/c1-10(5-4-8-13)11-6-3-7-12(9-11)14-2/h3,6-7,9-10H,4-5H2,1-2H3. The molecule has 0 aromatic heterocycles. The van der Waals surface area contributed by atoms with Crippen LogP contribution in [0.1, 0.15) is 31.2 Å². The number of benzene rings is 1. The lowest BCUT2D eigenvalue weighted by atomic mass is 9.96. The van der Waals surface area contributed by atoms with Gasteiger partial charge in [-0.15, -0.1) is 0 Å². The molecule has 74 valence electrons. The molecule has 0 aliphatic carbocycles. The highest BCUT2D eigenvalue weighted by Gasteiger charge is 2.05. The zero-order valence-electron chi connectivity index (χ0n) is 8.66. The van der Waals surface area contributed by atoms with E-state index in [-0.39, 0.29) is 0 Å². The first-order valence-electron chi connectivity index (χ1n) is 4.79. The maximum absolute atomic E-state index is 8.49. The molecule has 0 N–H and O–H groups in total. The molecule has 1 rings (SSSR count). The summed E-state index contributed by atoms with van der Waals surface area (Å²) in [6.45, 7) is 2.13. The number of hydrogen-bond donors (Lipinski definition) is 0. The van der Waals surface area contributed by atoms with Crippen molar-refractivity contribution in [2.24, 2.45) is 0 Å². The van der Waals surface area contributed by atoms with Crippen molar-refractivity contribution in [3.63, 3.8) is 0 Å². The molecule has 1 unspecified atom stereocenters. The second-order valence-corrected chi connectivity index (χ2v) is 3.37. The average molecular weight is 189 g/mol.